The number of benzene rings is 1. The van der Waals surface area contributed by atoms with E-state index in [9.17, 15) is 13.2 Å². The molecule has 0 bridgehead atoms. The summed E-state index contributed by atoms with van der Waals surface area (Å²) >= 11 is 0. The normalized spacial score (nSPS) is 20.5. The van der Waals surface area contributed by atoms with Gasteiger partial charge in [0.1, 0.15) is 5.60 Å². The third-order valence-corrected chi connectivity index (χ3v) is 6.22. The molecule has 24 heavy (non-hydrogen) atoms. The second-order valence-electron chi connectivity index (χ2n) is 6.02. The van der Waals surface area contributed by atoms with Crippen LogP contribution in [0.15, 0.2) is 34.3 Å². The zero-order chi connectivity index (χ0) is 17.4. The molecular weight excluding hydrogens is 336 g/mol. The summed E-state index contributed by atoms with van der Waals surface area (Å²) in [6, 6.07) is 6.73. The van der Waals surface area contributed by atoms with Crippen molar-refractivity contribution in [2.24, 2.45) is 5.16 Å². The third-order valence-electron chi connectivity index (χ3n) is 4.31. The van der Waals surface area contributed by atoms with Crippen LogP contribution >= 0.6 is 0 Å². The molecular formula is C15H18N2O6S. The van der Waals surface area contributed by atoms with E-state index in [1.165, 1.54) is 4.31 Å². The Labute approximate surface area is 139 Å². The lowest BCUT2D eigenvalue weighted by atomic mass is 9.89. The molecule has 0 amide bonds. The molecule has 0 unspecified atom stereocenters. The Morgan fingerprint density at radius 1 is 1.29 bits per heavy atom. The number of ether oxygens (including phenoxy) is 1. The minimum Gasteiger partial charge on any atom is -0.449 e. The van der Waals surface area contributed by atoms with Crippen LogP contribution in [-0.2, 0) is 19.6 Å². The molecule has 0 saturated carbocycles. The van der Waals surface area contributed by atoms with Crippen LogP contribution in [0, 0.1) is 6.92 Å². The van der Waals surface area contributed by atoms with Crippen LogP contribution in [-0.4, -0.2) is 48.6 Å². The predicted octanol–water partition coefficient (Wildman–Crippen LogP) is 1.95. The third kappa shape index (κ3) is 3.22. The Morgan fingerprint density at radius 2 is 1.92 bits per heavy atom. The maximum Gasteiger partial charge on any atom is 0.512 e. The Hall–Kier alpha value is -2.13. The highest BCUT2D eigenvalue weighted by Crippen LogP contribution is 2.36. The molecule has 1 aromatic rings. The molecule has 130 valence electrons. The van der Waals surface area contributed by atoms with Crippen molar-refractivity contribution in [1.29, 1.82) is 0 Å². The first-order valence-electron chi connectivity index (χ1n) is 7.53. The van der Waals surface area contributed by atoms with Crippen molar-refractivity contribution >= 4 is 22.1 Å². The summed E-state index contributed by atoms with van der Waals surface area (Å²) in [7, 11) is -3.54. The number of carbonyl (C=O) groups is 1. The van der Waals surface area contributed by atoms with Crippen LogP contribution in [0.5, 0.6) is 0 Å². The molecule has 1 fully saturated rings. The molecule has 9 heteroatoms. The van der Waals surface area contributed by atoms with Gasteiger partial charge in [0.2, 0.25) is 15.9 Å². The van der Waals surface area contributed by atoms with Gasteiger partial charge in [-0.3, -0.25) is 0 Å². The summed E-state index contributed by atoms with van der Waals surface area (Å²) < 4.78 is 31.3. The lowest BCUT2D eigenvalue weighted by Gasteiger charge is -2.36. The van der Waals surface area contributed by atoms with Gasteiger partial charge in [-0.05, 0) is 19.1 Å². The highest BCUT2D eigenvalue weighted by molar-refractivity contribution is 7.89. The van der Waals surface area contributed by atoms with Crippen LogP contribution in [0.1, 0.15) is 24.8 Å². The minimum atomic E-state index is -3.54. The van der Waals surface area contributed by atoms with Crippen molar-refractivity contribution in [3.63, 3.8) is 0 Å². The average Bonchev–Trinajstić information content (AvgIpc) is 2.90. The van der Waals surface area contributed by atoms with Crippen molar-refractivity contribution in [3.05, 3.63) is 29.8 Å². The SMILES string of the molecule is Cc1ccc(S(=O)(=O)N2CCC3(CC2)CC(OC(=O)O)=NO3)cc1. The first-order valence-corrected chi connectivity index (χ1v) is 8.97. The summed E-state index contributed by atoms with van der Waals surface area (Å²) in [4.78, 5) is 16.2. The molecule has 3 rings (SSSR count). The van der Waals surface area contributed by atoms with E-state index < -0.39 is 21.8 Å². The van der Waals surface area contributed by atoms with Gasteiger partial charge in [-0.25, -0.2) is 13.2 Å². The number of hydrogen-bond donors (Lipinski definition) is 1. The lowest BCUT2D eigenvalue weighted by molar-refractivity contribution is -0.0506. The van der Waals surface area contributed by atoms with Gasteiger partial charge in [0.25, 0.3) is 0 Å². The maximum absolute atomic E-state index is 12.7. The topological polar surface area (TPSA) is 106 Å². The molecule has 2 heterocycles. The number of oxime groups is 1. The smallest absolute Gasteiger partial charge is 0.449 e. The molecule has 1 spiro atoms. The van der Waals surface area contributed by atoms with Gasteiger partial charge in [0.15, 0.2) is 0 Å². The number of carboxylic acid groups (broad SMARTS) is 1. The van der Waals surface area contributed by atoms with Gasteiger partial charge < -0.3 is 14.7 Å². The van der Waals surface area contributed by atoms with E-state index in [1.807, 2.05) is 6.92 Å². The largest absolute Gasteiger partial charge is 0.512 e. The van der Waals surface area contributed by atoms with E-state index in [1.54, 1.807) is 24.3 Å². The van der Waals surface area contributed by atoms with Gasteiger partial charge in [-0.15, -0.1) is 0 Å². The molecule has 0 aromatic heterocycles. The van der Waals surface area contributed by atoms with E-state index in [4.69, 9.17) is 9.94 Å². The molecule has 8 nitrogen and oxygen atoms in total. The number of sulfonamides is 1. The first-order chi connectivity index (χ1) is 11.3. The quantitative estimate of drug-likeness (QED) is 0.814. The number of rotatable bonds is 2. The summed E-state index contributed by atoms with van der Waals surface area (Å²) in [5.41, 5.74) is 0.318. The Morgan fingerprint density at radius 3 is 2.50 bits per heavy atom. The molecule has 0 radical (unpaired) electrons. The summed E-state index contributed by atoms with van der Waals surface area (Å²) in [6.07, 6.45) is -0.353. The zero-order valence-electron chi connectivity index (χ0n) is 13.1. The van der Waals surface area contributed by atoms with Gasteiger partial charge in [0.05, 0.1) is 11.3 Å². The molecule has 0 atom stereocenters. The second kappa shape index (κ2) is 6.06. The number of hydrogen-bond acceptors (Lipinski definition) is 6. The van der Waals surface area contributed by atoms with Crippen LogP contribution in [0.4, 0.5) is 4.79 Å². The molecule has 2 aliphatic heterocycles. The van der Waals surface area contributed by atoms with E-state index in [2.05, 4.69) is 9.89 Å². The van der Waals surface area contributed by atoms with E-state index in [0.29, 0.717) is 12.8 Å². The predicted molar refractivity (Wildman–Crippen MR) is 84.1 cm³/mol. The van der Waals surface area contributed by atoms with Gasteiger partial charge in [0, 0.05) is 25.9 Å². The first kappa shape index (κ1) is 16.7. The second-order valence-corrected chi connectivity index (χ2v) is 7.96. The zero-order valence-corrected chi connectivity index (χ0v) is 14.0. The molecule has 2 aliphatic rings. The number of nitrogens with zero attached hydrogens (tertiary/aromatic N) is 2. The highest BCUT2D eigenvalue weighted by Gasteiger charge is 2.45. The monoisotopic (exact) mass is 354 g/mol. The standard InChI is InChI=1S/C15H18N2O6S/c1-11-2-4-12(5-3-11)24(20,21)17-8-6-15(7-9-17)10-13(16-23-15)22-14(18)19/h2-5H,6-10H2,1H3,(H,18,19). The average molecular weight is 354 g/mol. The Balaban J connectivity index is 1.65. The van der Waals surface area contributed by atoms with Crippen LogP contribution < -0.4 is 0 Å². The van der Waals surface area contributed by atoms with Gasteiger partial charge in [-0.1, -0.05) is 22.9 Å². The van der Waals surface area contributed by atoms with Crippen molar-refractivity contribution in [3.8, 4) is 0 Å². The van der Waals surface area contributed by atoms with E-state index >= 15 is 0 Å². The van der Waals surface area contributed by atoms with Crippen molar-refractivity contribution < 1.29 is 27.9 Å². The van der Waals surface area contributed by atoms with Gasteiger partial charge in [-0.2, -0.15) is 4.31 Å². The Kier molecular flexibility index (Phi) is 4.22. The molecule has 1 saturated heterocycles. The van der Waals surface area contributed by atoms with Crippen molar-refractivity contribution in [2.75, 3.05) is 13.1 Å². The minimum absolute atomic E-state index is 0.0114. The van der Waals surface area contributed by atoms with Crippen LogP contribution in [0.2, 0.25) is 0 Å². The maximum atomic E-state index is 12.7. The van der Waals surface area contributed by atoms with Crippen molar-refractivity contribution in [2.45, 2.75) is 36.7 Å². The molecule has 1 N–H and O–H groups in total. The lowest BCUT2D eigenvalue weighted by Crippen LogP contribution is -2.46. The van der Waals surface area contributed by atoms with Crippen LogP contribution in [0.25, 0.3) is 0 Å². The highest BCUT2D eigenvalue weighted by atomic mass is 32.2. The molecule has 0 aliphatic carbocycles. The number of piperidine rings is 1. The van der Waals surface area contributed by atoms with Crippen LogP contribution in [0.3, 0.4) is 0 Å². The summed E-state index contributed by atoms with van der Waals surface area (Å²) in [5.74, 6) is 0.0114. The fraction of sp³-hybridized carbons (Fsp3) is 0.467. The van der Waals surface area contributed by atoms with E-state index in [-0.39, 0.29) is 30.3 Å². The fourth-order valence-electron chi connectivity index (χ4n) is 2.90. The fourth-order valence-corrected chi connectivity index (χ4v) is 4.35. The number of aryl methyl sites for hydroxylation is 1. The van der Waals surface area contributed by atoms with Gasteiger partial charge >= 0.3 is 6.16 Å². The van der Waals surface area contributed by atoms with E-state index in [0.717, 1.165) is 5.56 Å². The summed E-state index contributed by atoms with van der Waals surface area (Å²) in [6.45, 7) is 2.47. The molecule has 1 aromatic carbocycles. The van der Waals surface area contributed by atoms with Crippen molar-refractivity contribution in [1.82, 2.24) is 4.31 Å². The Bertz CT molecular complexity index is 764. The summed E-state index contributed by atoms with van der Waals surface area (Å²) in [5, 5.41) is 12.3.